The van der Waals surface area contributed by atoms with Gasteiger partial charge in [-0.15, -0.1) is 5.10 Å². The van der Waals surface area contributed by atoms with Crippen molar-refractivity contribution in [1.29, 1.82) is 0 Å². The molecule has 206 valence electrons. The Morgan fingerprint density at radius 1 is 1.00 bits per heavy atom. The zero-order valence-corrected chi connectivity index (χ0v) is 23.2. The molecule has 2 aromatic heterocycles. The maximum Gasteiger partial charge on any atom is 0.252 e. The van der Waals surface area contributed by atoms with Gasteiger partial charge in [-0.25, -0.2) is 9.07 Å². The van der Waals surface area contributed by atoms with Crippen molar-refractivity contribution in [2.75, 3.05) is 7.11 Å². The second-order valence-corrected chi connectivity index (χ2v) is 10.2. The molecule has 5 rings (SSSR count). The minimum atomic E-state index is -0.289. The van der Waals surface area contributed by atoms with Crippen LogP contribution < -0.4 is 10.3 Å². The van der Waals surface area contributed by atoms with E-state index in [0.717, 1.165) is 38.9 Å². The maximum atomic E-state index is 13.7. The molecule has 2 heterocycles. The van der Waals surface area contributed by atoms with Gasteiger partial charge in [-0.1, -0.05) is 42.8 Å². The minimum Gasteiger partial charge on any atom is -0.497 e. The number of nitrogens with one attached hydrogen (secondary N) is 1. The molecule has 1 N–H and O–H groups in total. The smallest absolute Gasteiger partial charge is 0.252 e. The molecule has 0 bridgehead atoms. The minimum absolute atomic E-state index is 0.128. The van der Waals surface area contributed by atoms with E-state index in [1.165, 1.54) is 12.1 Å². The molecule has 0 radical (unpaired) electrons. The van der Waals surface area contributed by atoms with Gasteiger partial charge in [-0.2, -0.15) is 0 Å². The number of pyridine rings is 1. The van der Waals surface area contributed by atoms with Crippen LogP contribution in [0, 0.1) is 19.7 Å². The van der Waals surface area contributed by atoms with Gasteiger partial charge in [0.25, 0.3) is 5.56 Å². The molecule has 1 atom stereocenters. The number of hydrogen-bond acceptors (Lipinski definition) is 6. The Balaban J connectivity index is 1.52. The van der Waals surface area contributed by atoms with Crippen molar-refractivity contribution in [3.05, 3.63) is 117 Å². The van der Waals surface area contributed by atoms with Gasteiger partial charge in [0.15, 0.2) is 5.82 Å². The van der Waals surface area contributed by atoms with Gasteiger partial charge in [0.1, 0.15) is 11.6 Å². The number of fused-ring (bicyclic) bond motifs is 1. The SMILES string of the molecule is CC[C@H](c1nnnn1Cc1ccc(OC)cc1)N(Cc1ccc(F)cc1)Cc1cc2cc(C)cc(C)c2[nH]c1=O. The number of aromatic amines is 1. The summed E-state index contributed by atoms with van der Waals surface area (Å²) in [7, 11) is 1.64. The van der Waals surface area contributed by atoms with Crippen LogP contribution in [-0.2, 0) is 19.6 Å². The number of aromatic nitrogens is 5. The van der Waals surface area contributed by atoms with Crippen LogP contribution in [0.3, 0.4) is 0 Å². The molecule has 0 amide bonds. The highest BCUT2D eigenvalue weighted by Crippen LogP contribution is 2.28. The molecule has 0 fully saturated rings. The first-order chi connectivity index (χ1) is 19.3. The fraction of sp³-hybridized carbons (Fsp3) is 0.290. The number of halogens is 1. The first kappa shape index (κ1) is 27.2. The summed E-state index contributed by atoms with van der Waals surface area (Å²) in [5, 5.41) is 13.7. The normalized spacial score (nSPS) is 12.2. The second kappa shape index (κ2) is 11.8. The molecule has 8 nitrogen and oxygen atoms in total. The fourth-order valence-electron chi connectivity index (χ4n) is 5.24. The van der Waals surface area contributed by atoms with E-state index in [4.69, 9.17) is 4.74 Å². The van der Waals surface area contributed by atoms with Crippen molar-refractivity contribution in [2.24, 2.45) is 0 Å². The number of hydrogen-bond donors (Lipinski definition) is 1. The van der Waals surface area contributed by atoms with E-state index >= 15 is 0 Å². The van der Waals surface area contributed by atoms with Crippen molar-refractivity contribution >= 4 is 10.9 Å². The van der Waals surface area contributed by atoms with E-state index in [2.05, 4.69) is 44.5 Å². The number of H-pyrrole nitrogens is 1. The molecule has 40 heavy (non-hydrogen) atoms. The lowest BCUT2D eigenvalue weighted by molar-refractivity contribution is 0.161. The molecule has 0 unspecified atom stereocenters. The van der Waals surface area contributed by atoms with Gasteiger partial charge in [0.2, 0.25) is 0 Å². The summed E-state index contributed by atoms with van der Waals surface area (Å²) in [6, 6.07) is 20.2. The Kier molecular flexibility index (Phi) is 8.02. The first-order valence-corrected chi connectivity index (χ1v) is 13.3. The number of methoxy groups -OCH3 is 1. The largest absolute Gasteiger partial charge is 0.497 e. The molecule has 0 saturated carbocycles. The Labute approximate surface area is 232 Å². The fourth-order valence-corrected chi connectivity index (χ4v) is 5.24. The molecular formula is C31H33FN6O2. The van der Waals surface area contributed by atoms with Crippen molar-refractivity contribution < 1.29 is 9.13 Å². The van der Waals surface area contributed by atoms with Crippen LogP contribution >= 0.6 is 0 Å². The number of ether oxygens (including phenoxy) is 1. The molecule has 0 spiro atoms. The van der Waals surface area contributed by atoms with E-state index in [9.17, 15) is 9.18 Å². The van der Waals surface area contributed by atoms with E-state index in [1.807, 2.05) is 44.2 Å². The standard InChI is InChI=1S/C31H33FN6O2/c1-5-28(30-34-35-36-38(30)18-23-8-12-27(40-4)13-9-23)37(17-22-6-10-26(32)11-7-22)19-25-16-24-15-20(2)14-21(3)29(24)33-31(25)39/h6-16,28H,5,17-19H2,1-4H3,(H,33,39)/t28-/m1/s1. The highest BCUT2D eigenvalue weighted by molar-refractivity contribution is 5.82. The predicted octanol–water partition coefficient (Wildman–Crippen LogP) is 5.48. The molecule has 0 saturated heterocycles. The van der Waals surface area contributed by atoms with E-state index in [1.54, 1.807) is 23.9 Å². The van der Waals surface area contributed by atoms with Crippen LogP contribution in [0.4, 0.5) is 4.39 Å². The lowest BCUT2D eigenvalue weighted by atomic mass is 10.0. The average molecular weight is 541 g/mol. The van der Waals surface area contributed by atoms with Gasteiger partial charge in [0.05, 0.1) is 25.2 Å². The van der Waals surface area contributed by atoms with E-state index < -0.39 is 0 Å². The highest BCUT2D eigenvalue weighted by Gasteiger charge is 2.26. The summed E-state index contributed by atoms with van der Waals surface area (Å²) in [5.41, 5.74) is 5.49. The van der Waals surface area contributed by atoms with Crippen molar-refractivity contribution in [2.45, 2.75) is 52.9 Å². The zero-order valence-electron chi connectivity index (χ0n) is 23.2. The Bertz CT molecular complexity index is 1660. The molecule has 0 aliphatic rings. The average Bonchev–Trinajstić information content (AvgIpc) is 3.39. The molecule has 0 aliphatic heterocycles. The molecule has 9 heteroatoms. The van der Waals surface area contributed by atoms with Gasteiger partial charge in [-0.3, -0.25) is 9.69 Å². The summed E-state index contributed by atoms with van der Waals surface area (Å²) < 4.78 is 20.8. The van der Waals surface area contributed by atoms with Crippen LogP contribution in [0.1, 0.15) is 53.0 Å². The van der Waals surface area contributed by atoms with Crippen LogP contribution in [0.5, 0.6) is 5.75 Å². The molecule has 3 aromatic carbocycles. The topological polar surface area (TPSA) is 88.9 Å². The highest BCUT2D eigenvalue weighted by atomic mass is 19.1. The van der Waals surface area contributed by atoms with E-state index in [-0.39, 0.29) is 17.4 Å². The second-order valence-electron chi connectivity index (χ2n) is 10.2. The summed E-state index contributed by atoms with van der Waals surface area (Å²) in [6.07, 6.45) is 0.702. The van der Waals surface area contributed by atoms with Crippen molar-refractivity contribution in [1.82, 2.24) is 30.1 Å². The predicted molar refractivity (Wildman–Crippen MR) is 153 cm³/mol. The summed E-state index contributed by atoms with van der Waals surface area (Å²) in [6.45, 7) is 7.46. The number of aryl methyl sites for hydroxylation is 2. The summed E-state index contributed by atoms with van der Waals surface area (Å²) in [4.78, 5) is 18.5. The van der Waals surface area contributed by atoms with Crippen LogP contribution in [-0.4, -0.2) is 37.2 Å². The molecule has 0 aliphatic carbocycles. The van der Waals surface area contributed by atoms with Crippen LogP contribution in [0.25, 0.3) is 10.9 Å². The number of tetrazole rings is 1. The third-order valence-corrected chi connectivity index (χ3v) is 7.22. The van der Waals surface area contributed by atoms with Gasteiger partial charge >= 0.3 is 0 Å². The maximum absolute atomic E-state index is 13.7. The number of nitrogens with zero attached hydrogens (tertiary/aromatic N) is 5. The Hall–Kier alpha value is -4.37. The quantitative estimate of drug-likeness (QED) is 0.252. The van der Waals surface area contributed by atoms with Gasteiger partial charge < -0.3 is 9.72 Å². The van der Waals surface area contributed by atoms with Gasteiger partial charge in [-0.05, 0) is 89.2 Å². The third-order valence-electron chi connectivity index (χ3n) is 7.22. The summed E-state index contributed by atoms with van der Waals surface area (Å²) >= 11 is 0. The molecular weight excluding hydrogens is 507 g/mol. The Morgan fingerprint density at radius 2 is 1.73 bits per heavy atom. The lowest BCUT2D eigenvalue weighted by Gasteiger charge is -2.30. The van der Waals surface area contributed by atoms with Gasteiger partial charge in [0, 0.05) is 18.7 Å². The lowest BCUT2D eigenvalue weighted by Crippen LogP contribution is -2.32. The zero-order chi connectivity index (χ0) is 28.2. The van der Waals surface area contributed by atoms with Crippen molar-refractivity contribution in [3.8, 4) is 5.75 Å². The van der Waals surface area contributed by atoms with Crippen LogP contribution in [0.2, 0.25) is 0 Å². The molecule has 5 aromatic rings. The summed E-state index contributed by atoms with van der Waals surface area (Å²) in [5.74, 6) is 1.19. The monoisotopic (exact) mass is 540 g/mol. The Morgan fingerprint density at radius 3 is 2.42 bits per heavy atom. The number of benzene rings is 3. The van der Waals surface area contributed by atoms with Crippen molar-refractivity contribution in [3.63, 3.8) is 0 Å². The third kappa shape index (κ3) is 5.94. The van der Waals surface area contributed by atoms with Crippen LogP contribution in [0.15, 0.2) is 71.5 Å². The number of rotatable bonds is 10. The van der Waals surface area contributed by atoms with E-state index in [0.29, 0.717) is 37.4 Å². The first-order valence-electron chi connectivity index (χ1n) is 13.3.